The molecule has 0 aliphatic carbocycles. The summed E-state index contributed by atoms with van der Waals surface area (Å²) in [6.07, 6.45) is 1.40. The highest BCUT2D eigenvalue weighted by Crippen LogP contribution is 2.24. The lowest BCUT2D eigenvalue weighted by molar-refractivity contribution is 0.497. The predicted molar refractivity (Wildman–Crippen MR) is 77.8 cm³/mol. The van der Waals surface area contributed by atoms with Crippen LogP contribution in [0.15, 0.2) is 24.3 Å². The van der Waals surface area contributed by atoms with Crippen LogP contribution in [-0.2, 0) is 19.9 Å². The van der Waals surface area contributed by atoms with Crippen molar-refractivity contribution in [3.8, 4) is 0 Å². The van der Waals surface area contributed by atoms with Crippen LogP contribution in [0, 0.1) is 5.82 Å². The Balaban J connectivity index is 2.28. The van der Waals surface area contributed by atoms with E-state index in [1.807, 2.05) is 20.0 Å². The summed E-state index contributed by atoms with van der Waals surface area (Å²) in [6.45, 7) is 2.04. The van der Waals surface area contributed by atoms with Gasteiger partial charge in [0.25, 0.3) is 0 Å². The third-order valence-electron chi connectivity index (χ3n) is 3.34. The first-order valence-electron chi connectivity index (χ1n) is 6.48. The second-order valence-corrected chi connectivity index (χ2v) is 5.13. The molecular weight excluding hydrogens is 279 g/mol. The van der Waals surface area contributed by atoms with Crippen molar-refractivity contribution in [2.24, 2.45) is 12.9 Å². The quantitative estimate of drug-likeness (QED) is 0.658. The molecule has 20 heavy (non-hydrogen) atoms. The highest BCUT2D eigenvalue weighted by Gasteiger charge is 2.17. The van der Waals surface area contributed by atoms with Gasteiger partial charge in [-0.3, -0.25) is 16.0 Å². The number of benzene rings is 1. The van der Waals surface area contributed by atoms with Gasteiger partial charge < -0.3 is 0 Å². The van der Waals surface area contributed by atoms with E-state index in [4.69, 9.17) is 17.4 Å². The van der Waals surface area contributed by atoms with Crippen molar-refractivity contribution in [3.63, 3.8) is 0 Å². The molecule has 2 rings (SSSR count). The van der Waals surface area contributed by atoms with Gasteiger partial charge in [-0.15, -0.1) is 0 Å². The zero-order chi connectivity index (χ0) is 14.7. The predicted octanol–water partition coefficient (Wildman–Crippen LogP) is 2.52. The molecule has 1 heterocycles. The number of nitrogens with zero attached hydrogens (tertiary/aromatic N) is 2. The molecule has 0 aliphatic rings. The minimum Gasteiger partial charge on any atom is -0.272 e. The molecule has 0 radical (unpaired) electrons. The number of aromatic nitrogens is 2. The Labute approximate surface area is 122 Å². The lowest BCUT2D eigenvalue weighted by atomic mass is 10.0. The summed E-state index contributed by atoms with van der Waals surface area (Å²) in [5.74, 6) is 5.25. The summed E-state index contributed by atoms with van der Waals surface area (Å²) in [6, 6.07) is 6.12. The van der Waals surface area contributed by atoms with E-state index in [-0.39, 0.29) is 11.9 Å². The summed E-state index contributed by atoms with van der Waals surface area (Å²) >= 11 is 5.93. The molecule has 2 aromatic rings. The van der Waals surface area contributed by atoms with Crippen LogP contribution >= 0.6 is 11.6 Å². The molecule has 0 spiro atoms. The molecule has 0 fully saturated rings. The molecule has 0 saturated carbocycles. The number of hydrogen-bond acceptors (Lipinski definition) is 3. The van der Waals surface area contributed by atoms with Gasteiger partial charge in [0.05, 0.1) is 11.7 Å². The van der Waals surface area contributed by atoms with E-state index in [0.717, 1.165) is 17.8 Å². The average molecular weight is 297 g/mol. The van der Waals surface area contributed by atoms with E-state index in [1.54, 1.807) is 10.7 Å². The average Bonchev–Trinajstić information content (AvgIpc) is 2.79. The smallest absolute Gasteiger partial charge is 0.128 e. The fourth-order valence-electron chi connectivity index (χ4n) is 2.18. The van der Waals surface area contributed by atoms with E-state index in [0.29, 0.717) is 17.0 Å². The van der Waals surface area contributed by atoms with Gasteiger partial charge in [-0.2, -0.15) is 5.10 Å². The van der Waals surface area contributed by atoms with Gasteiger partial charge in [-0.25, -0.2) is 4.39 Å². The van der Waals surface area contributed by atoms with Gasteiger partial charge in [0.2, 0.25) is 0 Å². The summed E-state index contributed by atoms with van der Waals surface area (Å²) < 4.78 is 15.7. The van der Waals surface area contributed by atoms with Crippen molar-refractivity contribution >= 4 is 11.6 Å². The lowest BCUT2D eigenvalue weighted by Crippen LogP contribution is -2.30. The van der Waals surface area contributed by atoms with Crippen molar-refractivity contribution in [2.45, 2.75) is 25.8 Å². The number of hydrazine groups is 1. The van der Waals surface area contributed by atoms with Crippen LogP contribution in [-0.4, -0.2) is 9.78 Å². The Bertz CT molecular complexity index is 597. The monoisotopic (exact) mass is 296 g/mol. The summed E-state index contributed by atoms with van der Waals surface area (Å²) in [7, 11) is 1.87. The highest BCUT2D eigenvalue weighted by atomic mass is 35.5. The number of halogens is 2. The summed E-state index contributed by atoms with van der Waals surface area (Å²) in [5, 5.41) is 4.87. The first-order valence-corrected chi connectivity index (χ1v) is 6.85. The van der Waals surface area contributed by atoms with Gasteiger partial charge in [0.15, 0.2) is 0 Å². The van der Waals surface area contributed by atoms with E-state index < -0.39 is 0 Å². The van der Waals surface area contributed by atoms with Gasteiger partial charge in [-0.1, -0.05) is 18.5 Å². The molecule has 4 nitrogen and oxygen atoms in total. The Hall–Kier alpha value is -1.43. The molecule has 3 N–H and O–H groups in total. The molecule has 108 valence electrons. The first kappa shape index (κ1) is 15.0. The number of aryl methyl sites for hydroxylation is 2. The van der Waals surface area contributed by atoms with Crippen molar-refractivity contribution in [1.29, 1.82) is 0 Å². The number of rotatable bonds is 5. The summed E-state index contributed by atoms with van der Waals surface area (Å²) in [4.78, 5) is 0. The second kappa shape index (κ2) is 6.35. The highest BCUT2D eigenvalue weighted by molar-refractivity contribution is 6.30. The molecule has 1 atom stereocenters. The Morgan fingerprint density at radius 2 is 2.20 bits per heavy atom. The van der Waals surface area contributed by atoms with E-state index in [1.165, 1.54) is 12.1 Å². The third-order valence-corrected chi connectivity index (χ3v) is 3.57. The SMILES string of the molecule is CCc1cc(CC(NN)c2cc(Cl)ccc2F)n(C)n1. The van der Waals surface area contributed by atoms with Crippen LogP contribution in [0.3, 0.4) is 0 Å². The maximum absolute atomic E-state index is 13.9. The Morgan fingerprint density at radius 3 is 2.80 bits per heavy atom. The largest absolute Gasteiger partial charge is 0.272 e. The standard InChI is InChI=1S/C14H18ClFN4/c1-3-10-7-11(20(2)19-10)8-14(18-17)12-6-9(15)4-5-13(12)16/h4-7,14,18H,3,8,17H2,1-2H3. The molecule has 0 bridgehead atoms. The molecule has 6 heteroatoms. The topological polar surface area (TPSA) is 55.9 Å². The van der Waals surface area contributed by atoms with Crippen molar-refractivity contribution < 1.29 is 4.39 Å². The van der Waals surface area contributed by atoms with Gasteiger partial charge >= 0.3 is 0 Å². The molecular formula is C14H18ClFN4. The number of hydrogen-bond donors (Lipinski definition) is 2. The summed E-state index contributed by atoms with van der Waals surface area (Å²) in [5.41, 5.74) is 5.10. The zero-order valence-corrected chi connectivity index (χ0v) is 12.3. The van der Waals surface area contributed by atoms with Crippen LogP contribution in [0.4, 0.5) is 4.39 Å². The maximum atomic E-state index is 13.9. The molecule has 0 aliphatic heterocycles. The Morgan fingerprint density at radius 1 is 1.45 bits per heavy atom. The van der Waals surface area contributed by atoms with Crippen LogP contribution in [0.25, 0.3) is 0 Å². The Kier molecular flexibility index (Phi) is 4.75. The van der Waals surface area contributed by atoms with E-state index in [9.17, 15) is 4.39 Å². The van der Waals surface area contributed by atoms with E-state index >= 15 is 0 Å². The van der Waals surface area contributed by atoms with Crippen molar-refractivity contribution in [3.05, 3.63) is 52.1 Å². The van der Waals surface area contributed by atoms with Gasteiger partial charge in [0, 0.05) is 29.7 Å². The number of nitrogens with one attached hydrogen (secondary N) is 1. The normalized spacial score (nSPS) is 12.7. The molecule has 0 saturated heterocycles. The molecule has 1 aromatic heterocycles. The minimum absolute atomic E-state index is 0.324. The molecule has 1 aromatic carbocycles. The van der Waals surface area contributed by atoms with Crippen LogP contribution < -0.4 is 11.3 Å². The van der Waals surface area contributed by atoms with Crippen molar-refractivity contribution in [2.75, 3.05) is 0 Å². The van der Waals surface area contributed by atoms with Crippen molar-refractivity contribution in [1.82, 2.24) is 15.2 Å². The first-order chi connectivity index (χ1) is 9.55. The fourth-order valence-corrected chi connectivity index (χ4v) is 2.37. The van der Waals surface area contributed by atoms with E-state index in [2.05, 4.69) is 10.5 Å². The second-order valence-electron chi connectivity index (χ2n) is 4.69. The fraction of sp³-hybridized carbons (Fsp3) is 0.357. The maximum Gasteiger partial charge on any atom is 0.128 e. The zero-order valence-electron chi connectivity index (χ0n) is 11.5. The van der Waals surface area contributed by atoms with Gasteiger partial charge in [-0.05, 0) is 30.7 Å². The van der Waals surface area contributed by atoms with Crippen LogP contribution in [0.1, 0.15) is 29.9 Å². The molecule has 1 unspecified atom stereocenters. The number of nitrogens with two attached hydrogens (primary N) is 1. The van der Waals surface area contributed by atoms with Crippen LogP contribution in [0.5, 0.6) is 0 Å². The van der Waals surface area contributed by atoms with Crippen LogP contribution in [0.2, 0.25) is 5.02 Å². The third kappa shape index (κ3) is 3.17. The lowest BCUT2D eigenvalue weighted by Gasteiger charge is -2.17. The molecule has 0 amide bonds. The van der Waals surface area contributed by atoms with Gasteiger partial charge in [0.1, 0.15) is 5.82 Å². The minimum atomic E-state index is -0.353.